The van der Waals surface area contributed by atoms with Gasteiger partial charge in [-0.2, -0.15) is 5.10 Å². The molecule has 1 heterocycles. The van der Waals surface area contributed by atoms with Gasteiger partial charge in [-0.15, -0.1) is 0 Å². The van der Waals surface area contributed by atoms with Crippen molar-refractivity contribution in [3.63, 3.8) is 0 Å². The van der Waals surface area contributed by atoms with Crippen molar-refractivity contribution in [2.24, 2.45) is 11.0 Å². The summed E-state index contributed by atoms with van der Waals surface area (Å²) in [6.45, 7) is -0.00875. The lowest BCUT2D eigenvalue weighted by atomic mass is 9.98. The maximum Gasteiger partial charge on any atom is 0.262 e. The van der Waals surface area contributed by atoms with Crippen LogP contribution in [-0.4, -0.2) is 48.1 Å². The van der Waals surface area contributed by atoms with Gasteiger partial charge in [0.15, 0.2) is 0 Å². The number of nitrogens with zero attached hydrogens (tertiary/aromatic N) is 3. The van der Waals surface area contributed by atoms with Gasteiger partial charge >= 0.3 is 0 Å². The van der Waals surface area contributed by atoms with Crippen molar-refractivity contribution in [3.8, 4) is 5.75 Å². The van der Waals surface area contributed by atoms with Crippen molar-refractivity contribution in [2.75, 3.05) is 20.7 Å². The summed E-state index contributed by atoms with van der Waals surface area (Å²) in [7, 11) is 3.32. The molecule has 1 atom stereocenters. The van der Waals surface area contributed by atoms with E-state index in [1.807, 2.05) is 48.5 Å². The number of amides is 2. The van der Waals surface area contributed by atoms with E-state index in [4.69, 9.17) is 21.4 Å². The molecule has 0 radical (unpaired) electrons. The van der Waals surface area contributed by atoms with Crippen molar-refractivity contribution in [3.05, 3.63) is 64.7 Å². The van der Waals surface area contributed by atoms with Crippen LogP contribution >= 0.6 is 11.6 Å². The first-order valence-electron chi connectivity index (χ1n) is 11.0. The normalized spacial score (nSPS) is 18.5. The monoisotopic (exact) mass is 453 g/mol. The standard InChI is InChI=1S/C25H28ClN3O3/c1-28(25(31)17-8-3-4-9-17)16-24(30)29-23(20-12-5-6-13-21(20)26)15-22(27-29)18-10-7-11-19(14-18)32-2/h5-7,10-14,17,23H,3-4,8-9,15-16H2,1-2H3/t23-/m1/s1. The average Bonchev–Trinajstić information content (AvgIpc) is 3.49. The third-order valence-electron chi connectivity index (χ3n) is 6.29. The smallest absolute Gasteiger partial charge is 0.262 e. The Balaban J connectivity index is 1.60. The number of hydrazone groups is 1. The summed E-state index contributed by atoms with van der Waals surface area (Å²) in [5.74, 6) is 0.579. The van der Waals surface area contributed by atoms with E-state index in [1.54, 1.807) is 19.1 Å². The molecule has 168 valence electrons. The van der Waals surface area contributed by atoms with Crippen molar-refractivity contribution in [1.29, 1.82) is 0 Å². The fraction of sp³-hybridized carbons (Fsp3) is 0.400. The SMILES string of the molecule is COc1cccc(C2=NN(C(=O)CN(C)C(=O)C3CCCC3)[C@@H](c3ccccc3Cl)C2)c1. The molecule has 0 spiro atoms. The molecule has 0 N–H and O–H groups in total. The molecule has 6 nitrogen and oxygen atoms in total. The summed E-state index contributed by atoms with van der Waals surface area (Å²) in [5.41, 5.74) is 2.52. The first kappa shape index (κ1) is 22.3. The van der Waals surface area contributed by atoms with Gasteiger partial charge < -0.3 is 9.64 Å². The minimum atomic E-state index is -0.326. The van der Waals surface area contributed by atoms with Crippen LogP contribution in [0.3, 0.4) is 0 Å². The number of benzene rings is 2. The summed E-state index contributed by atoms with van der Waals surface area (Å²) in [6, 6.07) is 14.8. The highest BCUT2D eigenvalue weighted by Crippen LogP contribution is 2.37. The Morgan fingerprint density at radius 1 is 1.16 bits per heavy atom. The van der Waals surface area contributed by atoms with E-state index < -0.39 is 0 Å². The number of carbonyl (C=O) groups excluding carboxylic acids is 2. The van der Waals surface area contributed by atoms with Gasteiger partial charge in [-0.05, 0) is 36.6 Å². The van der Waals surface area contributed by atoms with E-state index in [1.165, 1.54) is 5.01 Å². The van der Waals surface area contributed by atoms with Crippen molar-refractivity contribution >= 4 is 29.1 Å². The third kappa shape index (κ3) is 4.65. The van der Waals surface area contributed by atoms with Gasteiger partial charge in [0.05, 0.1) is 18.9 Å². The van der Waals surface area contributed by atoms with Gasteiger partial charge in [0.1, 0.15) is 12.3 Å². The second-order valence-corrected chi connectivity index (χ2v) is 8.84. The molecule has 1 aliphatic carbocycles. The van der Waals surface area contributed by atoms with Crippen LogP contribution in [0.1, 0.15) is 49.3 Å². The zero-order valence-electron chi connectivity index (χ0n) is 18.5. The van der Waals surface area contributed by atoms with Crippen LogP contribution in [0.4, 0.5) is 0 Å². The summed E-state index contributed by atoms with van der Waals surface area (Å²) in [5, 5.41) is 6.78. The minimum Gasteiger partial charge on any atom is -0.497 e. The first-order valence-corrected chi connectivity index (χ1v) is 11.4. The highest BCUT2D eigenvalue weighted by molar-refractivity contribution is 6.31. The fourth-order valence-electron chi connectivity index (χ4n) is 4.54. The molecular formula is C25H28ClN3O3. The molecule has 0 unspecified atom stereocenters. The van der Waals surface area contributed by atoms with Crippen molar-refractivity contribution < 1.29 is 14.3 Å². The van der Waals surface area contributed by atoms with Crippen LogP contribution < -0.4 is 4.74 Å². The Labute approximate surface area is 193 Å². The zero-order valence-corrected chi connectivity index (χ0v) is 19.2. The summed E-state index contributed by atoms with van der Waals surface area (Å²) < 4.78 is 5.35. The Morgan fingerprint density at radius 2 is 1.91 bits per heavy atom. The molecule has 2 aliphatic rings. The lowest BCUT2D eigenvalue weighted by Crippen LogP contribution is -2.41. The molecule has 1 fully saturated rings. The Bertz CT molecular complexity index is 1030. The number of rotatable bonds is 6. The maximum absolute atomic E-state index is 13.3. The quantitative estimate of drug-likeness (QED) is 0.638. The Hall–Kier alpha value is -2.86. The van der Waals surface area contributed by atoms with Gasteiger partial charge in [0.2, 0.25) is 5.91 Å². The predicted molar refractivity (Wildman–Crippen MR) is 125 cm³/mol. The molecule has 1 saturated carbocycles. The minimum absolute atomic E-state index is 0.00875. The highest BCUT2D eigenvalue weighted by atomic mass is 35.5. The second kappa shape index (κ2) is 9.74. The van der Waals surface area contributed by atoms with Crippen LogP contribution in [0, 0.1) is 5.92 Å². The van der Waals surface area contributed by atoms with Gasteiger partial charge in [-0.25, -0.2) is 5.01 Å². The number of likely N-dealkylation sites (N-methyl/N-ethyl adjacent to an activating group) is 1. The molecule has 0 bridgehead atoms. The van der Waals surface area contributed by atoms with Crippen LogP contribution in [-0.2, 0) is 9.59 Å². The maximum atomic E-state index is 13.3. The first-order chi connectivity index (χ1) is 15.5. The molecule has 2 aromatic carbocycles. The van der Waals surface area contributed by atoms with E-state index in [0.717, 1.165) is 48.3 Å². The van der Waals surface area contributed by atoms with E-state index in [0.29, 0.717) is 11.4 Å². The zero-order chi connectivity index (χ0) is 22.7. The molecule has 0 saturated heterocycles. The molecule has 32 heavy (non-hydrogen) atoms. The average molecular weight is 454 g/mol. The molecule has 0 aromatic heterocycles. The highest BCUT2D eigenvalue weighted by Gasteiger charge is 2.35. The lowest BCUT2D eigenvalue weighted by molar-refractivity contribution is -0.142. The van der Waals surface area contributed by atoms with Crippen molar-refractivity contribution in [2.45, 2.75) is 38.1 Å². The number of halogens is 1. The van der Waals surface area contributed by atoms with Gasteiger partial charge in [0.25, 0.3) is 5.91 Å². The number of hydrogen-bond acceptors (Lipinski definition) is 4. The van der Waals surface area contributed by atoms with E-state index in [-0.39, 0.29) is 30.3 Å². The number of carbonyl (C=O) groups is 2. The fourth-order valence-corrected chi connectivity index (χ4v) is 4.80. The molecule has 1 aliphatic heterocycles. The van der Waals surface area contributed by atoms with Crippen LogP contribution in [0.5, 0.6) is 5.75 Å². The molecular weight excluding hydrogens is 426 g/mol. The number of hydrogen-bond donors (Lipinski definition) is 0. The summed E-state index contributed by atoms with van der Waals surface area (Å²) >= 11 is 6.48. The lowest BCUT2D eigenvalue weighted by Gasteiger charge is -2.26. The summed E-state index contributed by atoms with van der Waals surface area (Å²) in [4.78, 5) is 27.6. The Kier molecular flexibility index (Phi) is 6.80. The third-order valence-corrected chi connectivity index (χ3v) is 6.63. The van der Waals surface area contributed by atoms with Gasteiger partial charge in [0, 0.05) is 30.0 Å². The van der Waals surface area contributed by atoms with Crippen LogP contribution in [0.2, 0.25) is 5.02 Å². The Morgan fingerprint density at radius 3 is 2.62 bits per heavy atom. The summed E-state index contributed by atoms with van der Waals surface area (Å²) in [6.07, 6.45) is 4.49. The van der Waals surface area contributed by atoms with Crippen LogP contribution in [0.25, 0.3) is 0 Å². The van der Waals surface area contributed by atoms with E-state index >= 15 is 0 Å². The van der Waals surface area contributed by atoms with E-state index in [2.05, 4.69) is 0 Å². The second-order valence-electron chi connectivity index (χ2n) is 8.43. The molecule has 2 amide bonds. The predicted octanol–water partition coefficient (Wildman–Crippen LogP) is 4.67. The number of ether oxygens (including phenoxy) is 1. The van der Waals surface area contributed by atoms with E-state index in [9.17, 15) is 9.59 Å². The van der Waals surface area contributed by atoms with Crippen molar-refractivity contribution in [1.82, 2.24) is 9.91 Å². The molecule has 2 aromatic rings. The molecule has 4 rings (SSSR count). The topological polar surface area (TPSA) is 62.2 Å². The molecule has 7 heteroatoms. The van der Waals surface area contributed by atoms with Gasteiger partial charge in [-0.1, -0.05) is 54.8 Å². The van der Waals surface area contributed by atoms with Gasteiger partial charge in [-0.3, -0.25) is 9.59 Å². The number of methoxy groups -OCH3 is 1. The van der Waals surface area contributed by atoms with Crippen LogP contribution in [0.15, 0.2) is 53.6 Å². The largest absolute Gasteiger partial charge is 0.497 e.